The zero-order valence-electron chi connectivity index (χ0n) is 17.1. The monoisotopic (exact) mass is 434 g/mol. The van der Waals surface area contributed by atoms with Crippen LogP contribution in [0.25, 0.3) is 21.3 Å². The summed E-state index contributed by atoms with van der Waals surface area (Å²) in [7, 11) is 0. The van der Waals surface area contributed by atoms with Gasteiger partial charge in [0, 0.05) is 55.3 Å². The summed E-state index contributed by atoms with van der Waals surface area (Å²) in [6.45, 7) is 3.49. The lowest BCUT2D eigenvalue weighted by atomic mass is 10.0. The molecular formula is C23H22N4O3S. The van der Waals surface area contributed by atoms with Crippen molar-refractivity contribution in [1.29, 1.82) is 0 Å². The molecule has 158 valence electrons. The Hall–Kier alpha value is -2.97. The number of nitrogens with one attached hydrogen (secondary N) is 1. The highest BCUT2D eigenvalue weighted by atomic mass is 32.1. The number of nitrogens with zero attached hydrogens (tertiary/aromatic N) is 3. The molecule has 6 rings (SSSR count). The summed E-state index contributed by atoms with van der Waals surface area (Å²) in [5.74, 6) is 1.33. The first-order valence-corrected chi connectivity index (χ1v) is 11.3. The lowest BCUT2D eigenvalue weighted by molar-refractivity contribution is -0.120. The number of likely N-dealkylation sites (tertiary alicyclic amines) is 1. The summed E-state index contributed by atoms with van der Waals surface area (Å²) in [6, 6.07) is 10.7. The van der Waals surface area contributed by atoms with Gasteiger partial charge < -0.3 is 14.5 Å². The minimum absolute atomic E-state index is 0.0741. The molecule has 2 unspecified atom stereocenters. The van der Waals surface area contributed by atoms with Gasteiger partial charge in [0.25, 0.3) is 5.19 Å². The Morgan fingerprint density at radius 3 is 3.10 bits per heavy atom. The number of hydrogen-bond acceptors (Lipinski definition) is 7. The van der Waals surface area contributed by atoms with Crippen molar-refractivity contribution in [3.8, 4) is 10.9 Å². The minimum atomic E-state index is 0.0741. The van der Waals surface area contributed by atoms with E-state index in [1.165, 1.54) is 16.9 Å². The summed E-state index contributed by atoms with van der Waals surface area (Å²) < 4.78 is 12.8. The van der Waals surface area contributed by atoms with Crippen LogP contribution in [0.15, 0.2) is 47.2 Å². The number of benzene rings is 1. The van der Waals surface area contributed by atoms with Gasteiger partial charge in [0.15, 0.2) is 5.65 Å². The Morgan fingerprint density at radius 2 is 2.29 bits per heavy atom. The molecule has 1 aromatic carbocycles. The normalized spacial score (nSPS) is 23.1. The van der Waals surface area contributed by atoms with Crippen LogP contribution in [0.2, 0.25) is 0 Å². The molecule has 1 saturated carbocycles. The van der Waals surface area contributed by atoms with E-state index in [1.807, 2.05) is 30.5 Å². The molecule has 0 spiro atoms. The van der Waals surface area contributed by atoms with Gasteiger partial charge in [-0.2, -0.15) is 4.98 Å². The van der Waals surface area contributed by atoms with Crippen LogP contribution in [-0.2, 0) is 11.3 Å². The molecule has 4 heterocycles. The minimum Gasteiger partial charge on any atom is -0.464 e. The van der Waals surface area contributed by atoms with Gasteiger partial charge in [0.1, 0.15) is 11.3 Å². The molecule has 8 heteroatoms. The summed E-state index contributed by atoms with van der Waals surface area (Å²) in [5.41, 5.74) is 2.70. The predicted octanol–water partition coefficient (Wildman–Crippen LogP) is 4.33. The second-order valence-electron chi connectivity index (χ2n) is 8.45. The van der Waals surface area contributed by atoms with Crippen molar-refractivity contribution >= 4 is 38.6 Å². The fourth-order valence-corrected chi connectivity index (χ4v) is 5.83. The molecular weight excluding hydrogens is 412 g/mol. The molecule has 1 aliphatic heterocycles. The number of furan rings is 1. The highest BCUT2D eigenvalue weighted by Gasteiger charge is 2.44. The molecule has 2 aliphatic rings. The molecule has 1 N–H and O–H groups in total. The lowest BCUT2D eigenvalue weighted by Crippen LogP contribution is -2.44. The Morgan fingerprint density at radius 1 is 1.35 bits per heavy atom. The average Bonchev–Trinajstić information content (AvgIpc) is 3.50. The van der Waals surface area contributed by atoms with Gasteiger partial charge >= 0.3 is 0 Å². The molecule has 1 amide bonds. The summed E-state index contributed by atoms with van der Waals surface area (Å²) in [6.07, 6.45) is 5.78. The van der Waals surface area contributed by atoms with Crippen molar-refractivity contribution in [3.05, 3.63) is 48.4 Å². The first-order valence-electron chi connectivity index (χ1n) is 10.5. The van der Waals surface area contributed by atoms with Crippen LogP contribution in [0.4, 0.5) is 0 Å². The third-order valence-electron chi connectivity index (χ3n) is 6.40. The molecule has 31 heavy (non-hydrogen) atoms. The molecule has 1 aliphatic carbocycles. The lowest BCUT2D eigenvalue weighted by Gasteiger charge is -2.31. The molecule has 1 saturated heterocycles. The number of thiazole rings is 1. The maximum absolute atomic E-state index is 11.4. The van der Waals surface area contributed by atoms with Crippen LogP contribution in [0.3, 0.4) is 0 Å². The molecule has 4 aromatic rings. The number of aromatic nitrogens is 2. The van der Waals surface area contributed by atoms with E-state index in [2.05, 4.69) is 26.3 Å². The first kappa shape index (κ1) is 18.8. The maximum atomic E-state index is 11.4. The van der Waals surface area contributed by atoms with Gasteiger partial charge in [0.2, 0.25) is 5.91 Å². The molecule has 3 aromatic heterocycles. The van der Waals surface area contributed by atoms with Gasteiger partial charge in [-0.1, -0.05) is 11.3 Å². The van der Waals surface area contributed by atoms with E-state index >= 15 is 0 Å². The quantitative estimate of drug-likeness (QED) is 0.504. The molecule has 7 nitrogen and oxygen atoms in total. The van der Waals surface area contributed by atoms with Gasteiger partial charge in [-0.25, -0.2) is 4.98 Å². The van der Waals surface area contributed by atoms with Gasteiger partial charge in [-0.15, -0.1) is 0 Å². The molecule has 0 radical (unpaired) electrons. The number of piperidine rings is 1. The highest BCUT2D eigenvalue weighted by molar-refractivity contribution is 7.20. The fourth-order valence-electron chi connectivity index (χ4n) is 5.04. The Labute approximate surface area is 183 Å². The number of hydrogen-bond donors (Lipinski definition) is 1. The summed E-state index contributed by atoms with van der Waals surface area (Å²) in [4.78, 5) is 22.6. The number of rotatable bonds is 5. The smallest absolute Gasteiger partial charge is 0.281 e. The number of pyridine rings is 1. The first-order chi connectivity index (χ1) is 15.1. The highest BCUT2D eigenvalue weighted by Crippen LogP contribution is 2.40. The number of carbonyl (C=O) groups excluding carboxylic acids is 1. The van der Waals surface area contributed by atoms with E-state index in [0.29, 0.717) is 34.6 Å². The average molecular weight is 435 g/mol. The second-order valence-corrected chi connectivity index (χ2v) is 9.44. The zero-order valence-corrected chi connectivity index (χ0v) is 17.9. The topological polar surface area (TPSA) is 80.5 Å². The second kappa shape index (κ2) is 7.32. The zero-order chi connectivity index (χ0) is 20.9. The number of fused-ring (bicyclic) bond motifs is 4. The standard InChI is InChI=1S/C23H22N4O3S/c1-13(28)25-19-8-16-7-14(19)10-27(16)11-15-12-29-20-9-17(4-5-18(15)20)30-23-26-22-21(31-23)3-2-6-24-22/h2-6,9,12,14,16,19H,7-8,10-11H2,1H3,(H,25,28)/t14?,16?,19-/m0/s1. The Bertz CT molecular complexity index is 1250. The van der Waals surface area contributed by atoms with Crippen LogP contribution in [0, 0.1) is 5.92 Å². The van der Waals surface area contributed by atoms with E-state index in [-0.39, 0.29) is 5.91 Å². The van der Waals surface area contributed by atoms with Crippen LogP contribution >= 0.6 is 11.3 Å². The van der Waals surface area contributed by atoms with E-state index < -0.39 is 0 Å². The van der Waals surface area contributed by atoms with Crippen molar-refractivity contribution in [2.45, 2.75) is 38.4 Å². The van der Waals surface area contributed by atoms with Crippen LogP contribution < -0.4 is 10.1 Å². The fraction of sp³-hybridized carbons (Fsp3) is 0.348. The van der Waals surface area contributed by atoms with E-state index in [1.54, 1.807) is 13.1 Å². The summed E-state index contributed by atoms with van der Waals surface area (Å²) >= 11 is 1.48. The third kappa shape index (κ3) is 3.45. The third-order valence-corrected chi connectivity index (χ3v) is 7.28. The van der Waals surface area contributed by atoms with Crippen molar-refractivity contribution in [2.24, 2.45) is 5.92 Å². The van der Waals surface area contributed by atoms with E-state index in [0.717, 1.165) is 41.6 Å². The van der Waals surface area contributed by atoms with Gasteiger partial charge in [-0.3, -0.25) is 9.69 Å². The number of carbonyl (C=O) groups is 1. The van der Waals surface area contributed by atoms with Gasteiger partial charge in [-0.05, 0) is 43.0 Å². The van der Waals surface area contributed by atoms with Gasteiger partial charge in [0.05, 0.1) is 11.0 Å². The molecule has 2 fully saturated rings. The number of amides is 1. The van der Waals surface area contributed by atoms with Crippen LogP contribution in [-0.4, -0.2) is 39.4 Å². The van der Waals surface area contributed by atoms with Crippen molar-refractivity contribution in [1.82, 2.24) is 20.2 Å². The predicted molar refractivity (Wildman–Crippen MR) is 118 cm³/mol. The van der Waals surface area contributed by atoms with E-state index in [9.17, 15) is 4.79 Å². The SMILES string of the molecule is CC(=O)N[C@H]1CC2CC1CN2Cc1coc2cc(Oc3nc4ncccc4s3)ccc12. The molecule has 3 atom stereocenters. The van der Waals surface area contributed by atoms with Crippen molar-refractivity contribution in [3.63, 3.8) is 0 Å². The summed E-state index contributed by atoms with van der Waals surface area (Å²) in [5, 5.41) is 4.79. The maximum Gasteiger partial charge on any atom is 0.281 e. The van der Waals surface area contributed by atoms with Crippen molar-refractivity contribution < 1.29 is 13.9 Å². The van der Waals surface area contributed by atoms with Crippen LogP contribution in [0.5, 0.6) is 10.9 Å². The van der Waals surface area contributed by atoms with Crippen LogP contribution in [0.1, 0.15) is 25.3 Å². The molecule has 2 bridgehead atoms. The van der Waals surface area contributed by atoms with E-state index in [4.69, 9.17) is 9.15 Å². The Kier molecular flexibility index (Phi) is 4.43. The largest absolute Gasteiger partial charge is 0.464 e. The Balaban J connectivity index is 1.17. The van der Waals surface area contributed by atoms with Crippen molar-refractivity contribution in [2.75, 3.05) is 6.54 Å². The number of ether oxygens (including phenoxy) is 1.